The molecule has 0 aromatic heterocycles. The fourth-order valence-electron chi connectivity index (χ4n) is 2.22. The van der Waals surface area contributed by atoms with Crippen molar-refractivity contribution in [3.8, 4) is 0 Å². The van der Waals surface area contributed by atoms with Crippen molar-refractivity contribution in [1.82, 2.24) is 5.32 Å². The second kappa shape index (κ2) is 7.06. The molecule has 112 valence electrons. The molecule has 0 bridgehead atoms. The molecular weight excluding hydrogens is 271 g/mol. The number of benzene rings is 1. The molecule has 0 radical (unpaired) electrons. The molecule has 0 amide bonds. The smallest absolute Gasteiger partial charge is 0.194 e. The highest BCUT2D eigenvalue weighted by Gasteiger charge is 2.30. The van der Waals surface area contributed by atoms with Gasteiger partial charge in [0.2, 0.25) is 0 Å². The van der Waals surface area contributed by atoms with E-state index in [1.807, 2.05) is 6.92 Å². The minimum Gasteiger partial charge on any atom is -0.376 e. The van der Waals surface area contributed by atoms with E-state index in [2.05, 4.69) is 5.32 Å². The lowest BCUT2D eigenvalue weighted by molar-refractivity contribution is -0.102. The molecule has 1 saturated heterocycles. The summed E-state index contributed by atoms with van der Waals surface area (Å²) in [6, 6.07) is 1.61. The number of halogens is 3. The van der Waals surface area contributed by atoms with E-state index in [-0.39, 0.29) is 5.56 Å². The summed E-state index contributed by atoms with van der Waals surface area (Å²) in [6.45, 7) is 3.75. The zero-order valence-corrected chi connectivity index (χ0v) is 11.3. The quantitative estimate of drug-likeness (QED) is 0.845. The Kier molecular flexibility index (Phi) is 5.39. The van der Waals surface area contributed by atoms with Crippen molar-refractivity contribution in [2.75, 3.05) is 26.4 Å². The predicted molar refractivity (Wildman–Crippen MR) is 67.9 cm³/mol. The van der Waals surface area contributed by atoms with Crippen molar-refractivity contribution in [2.45, 2.75) is 25.5 Å². The van der Waals surface area contributed by atoms with E-state index in [0.29, 0.717) is 26.4 Å². The van der Waals surface area contributed by atoms with Gasteiger partial charge in [-0.3, -0.25) is 0 Å². The van der Waals surface area contributed by atoms with Crippen LogP contribution in [0.4, 0.5) is 13.2 Å². The molecule has 2 atom stereocenters. The van der Waals surface area contributed by atoms with Crippen LogP contribution in [0.25, 0.3) is 0 Å². The van der Waals surface area contributed by atoms with E-state index in [4.69, 9.17) is 9.47 Å². The number of hydrogen-bond acceptors (Lipinski definition) is 3. The van der Waals surface area contributed by atoms with Gasteiger partial charge in [-0.25, -0.2) is 13.2 Å². The summed E-state index contributed by atoms with van der Waals surface area (Å²) in [7, 11) is 0. The predicted octanol–water partition coefficient (Wildman–Crippen LogP) is 2.56. The molecule has 1 aromatic rings. The van der Waals surface area contributed by atoms with Crippen LogP contribution >= 0.6 is 0 Å². The Bertz CT molecular complexity index is 450. The van der Waals surface area contributed by atoms with Crippen LogP contribution in [0.5, 0.6) is 0 Å². The van der Waals surface area contributed by atoms with Crippen LogP contribution in [-0.4, -0.2) is 32.5 Å². The Morgan fingerprint density at radius 2 is 2.05 bits per heavy atom. The monoisotopic (exact) mass is 289 g/mol. The van der Waals surface area contributed by atoms with Gasteiger partial charge in [0.1, 0.15) is 6.10 Å². The van der Waals surface area contributed by atoms with Crippen molar-refractivity contribution in [2.24, 2.45) is 0 Å². The van der Waals surface area contributed by atoms with Gasteiger partial charge in [-0.15, -0.1) is 0 Å². The van der Waals surface area contributed by atoms with Gasteiger partial charge in [0, 0.05) is 5.56 Å². The third-order valence-electron chi connectivity index (χ3n) is 3.23. The van der Waals surface area contributed by atoms with Gasteiger partial charge in [-0.05, 0) is 19.0 Å². The van der Waals surface area contributed by atoms with E-state index >= 15 is 0 Å². The lowest BCUT2D eigenvalue weighted by Crippen LogP contribution is -2.41. The summed E-state index contributed by atoms with van der Waals surface area (Å²) in [5, 5.41) is 3.11. The standard InChI is InChI=1S/C14H18F3NO2/c1-2-5-18-14(11-8-19-6-7-20-11)9-3-4-10(15)13(17)12(9)16/h3-4,11,14,18H,2,5-8H2,1H3. The molecule has 1 heterocycles. The minimum absolute atomic E-state index is 0.0628. The van der Waals surface area contributed by atoms with Crippen LogP contribution in [0.3, 0.4) is 0 Å². The first-order valence-corrected chi connectivity index (χ1v) is 6.71. The van der Waals surface area contributed by atoms with E-state index in [1.54, 1.807) is 0 Å². The van der Waals surface area contributed by atoms with Gasteiger partial charge in [0.25, 0.3) is 0 Å². The highest BCUT2D eigenvalue weighted by Crippen LogP contribution is 2.26. The molecule has 0 aliphatic carbocycles. The van der Waals surface area contributed by atoms with Gasteiger partial charge in [0.05, 0.1) is 25.9 Å². The largest absolute Gasteiger partial charge is 0.376 e. The Labute approximate surface area is 116 Å². The van der Waals surface area contributed by atoms with Gasteiger partial charge in [-0.1, -0.05) is 13.0 Å². The topological polar surface area (TPSA) is 30.5 Å². The molecule has 6 heteroatoms. The Hall–Kier alpha value is -1.11. The summed E-state index contributed by atoms with van der Waals surface area (Å²) in [4.78, 5) is 0. The minimum atomic E-state index is -1.46. The first-order valence-electron chi connectivity index (χ1n) is 6.71. The van der Waals surface area contributed by atoms with Gasteiger partial charge >= 0.3 is 0 Å². The first-order chi connectivity index (χ1) is 9.65. The fraction of sp³-hybridized carbons (Fsp3) is 0.571. The number of nitrogens with one attached hydrogen (secondary N) is 1. The first kappa shape index (κ1) is 15.3. The highest BCUT2D eigenvalue weighted by molar-refractivity contribution is 5.25. The summed E-state index contributed by atoms with van der Waals surface area (Å²) < 4.78 is 51.2. The molecule has 3 nitrogen and oxygen atoms in total. The van der Waals surface area contributed by atoms with Crippen LogP contribution in [0.15, 0.2) is 12.1 Å². The van der Waals surface area contributed by atoms with Crippen molar-refractivity contribution in [3.63, 3.8) is 0 Å². The molecule has 1 fully saturated rings. The van der Waals surface area contributed by atoms with Crippen LogP contribution in [-0.2, 0) is 9.47 Å². The Balaban J connectivity index is 2.27. The summed E-state index contributed by atoms with van der Waals surface area (Å²) in [5.41, 5.74) is 0.0628. The van der Waals surface area contributed by atoms with E-state index < -0.39 is 29.6 Å². The zero-order valence-electron chi connectivity index (χ0n) is 11.3. The summed E-state index contributed by atoms with van der Waals surface area (Å²) in [6.07, 6.45) is 0.407. The highest BCUT2D eigenvalue weighted by atomic mass is 19.2. The van der Waals surface area contributed by atoms with Crippen LogP contribution in [0, 0.1) is 17.5 Å². The molecule has 20 heavy (non-hydrogen) atoms. The molecule has 1 N–H and O–H groups in total. The normalized spacial score (nSPS) is 20.9. The fourth-order valence-corrected chi connectivity index (χ4v) is 2.22. The SMILES string of the molecule is CCCNC(c1ccc(F)c(F)c1F)C1COCCO1. The maximum atomic E-state index is 13.9. The zero-order chi connectivity index (χ0) is 14.5. The summed E-state index contributed by atoms with van der Waals surface area (Å²) >= 11 is 0. The Morgan fingerprint density at radius 1 is 1.25 bits per heavy atom. The molecule has 1 aliphatic rings. The average molecular weight is 289 g/mol. The molecule has 0 spiro atoms. The molecule has 0 saturated carbocycles. The van der Waals surface area contributed by atoms with Crippen LogP contribution < -0.4 is 5.32 Å². The van der Waals surface area contributed by atoms with E-state index in [0.717, 1.165) is 12.5 Å². The van der Waals surface area contributed by atoms with Crippen LogP contribution in [0.2, 0.25) is 0 Å². The Morgan fingerprint density at radius 3 is 2.70 bits per heavy atom. The van der Waals surface area contributed by atoms with Crippen molar-refractivity contribution in [1.29, 1.82) is 0 Å². The molecule has 2 rings (SSSR count). The maximum absolute atomic E-state index is 13.9. The van der Waals surface area contributed by atoms with Crippen molar-refractivity contribution in [3.05, 3.63) is 35.1 Å². The van der Waals surface area contributed by atoms with Crippen molar-refractivity contribution < 1.29 is 22.6 Å². The second-order valence-electron chi connectivity index (χ2n) is 4.68. The number of ether oxygens (including phenoxy) is 2. The van der Waals surface area contributed by atoms with E-state index in [9.17, 15) is 13.2 Å². The lowest BCUT2D eigenvalue weighted by atomic mass is 10.00. The molecule has 1 aliphatic heterocycles. The maximum Gasteiger partial charge on any atom is 0.194 e. The average Bonchev–Trinajstić information content (AvgIpc) is 2.48. The third kappa shape index (κ3) is 3.31. The molecular formula is C14H18F3NO2. The number of rotatable bonds is 5. The van der Waals surface area contributed by atoms with Crippen molar-refractivity contribution >= 4 is 0 Å². The van der Waals surface area contributed by atoms with E-state index in [1.165, 1.54) is 6.07 Å². The van der Waals surface area contributed by atoms with Gasteiger partial charge in [-0.2, -0.15) is 0 Å². The number of hydrogen-bond donors (Lipinski definition) is 1. The molecule has 1 aromatic carbocycles. The lowest BCUT2D eigenvalue weighted by Gasteiger charge is -2.31. The second-order valence-corrected chi connectivity index (χ2v) is 4.68. The van der Waals surface area contributed by atoms with Crippen LogP contribution in [0.1, 0.15) is 24.9 Å². The summed E-state index contributed by atoms with van der Waals surface area (Å²) in [5.74, 6) is -3.82. The van der Waals surface area contributed by atoms with Gasteiger partial charge < -0.3 is 14.8 Å². The van der Waals surface area contributed by atoms with Gasteiger partial charge in [0.15, 0.2) is 17.5 Å². The third-order valence-corrected chi connectivity index (χ3v) is 3.23. The molecule has 2 unspecified atom stereocenters.